The van der Waals surface area contributed by atoms with Gasteiger partial charge in [-0.2, -0.15) is 0 Å². The van der Waals surface area contributed by atoms with E-state index in [0.29, 0.717) is 24.0 Å². The number of anilines is 1. The lowest BCUT2D eigenvalue weighted by Gasteiger charge is -2.20. The van der Waals surface area contributed by atoms with E-state index in [1.807, 2.05) is 6.92 Å². The standard InChI is InChI=1S/C15H20N2O4/c1-2-17(11-7-8-11)14(18)9-21-15(19)10-20-13-6-4-3-5-12(13)16/h3-6,11H,2,7-10,16H2,1H3. The number of likely N-dealkylation sites (N-methyl/N-ethyl adjacent to an activating group) is 1. The quantitative estimate of drug-likeness (QED) is 0.603. The van der Waals surface area contributed by atoms with Gasteiger partial charge in [0.15, 0.2) is 13.2 Å². The van der Waals surface area contributed by atoms with Crippen molar-refractivity contribution in [2.45, 2.75) is 25.8 Å². The lowest BCUT2D eigenvalue weighted by molar-refractivity contribution is -0.153. The maximum atomic E-state index is 11.9. The van der Waals surface area contributed by atoms with Gasteiger partial charge in [0, 0.05) is 12.6 Å². The van der Waals surface area contributed by atoms with Crippen molar-refractivity contribution in [1.29, 1.82) is 0 Å². The normalized spacial score (nSPS) is 13.6. The highest BCUT2D eigenvalue weighted by molar-refractivity contribution is 5.81. The lowest BCUT2D eigenvalue weighted by Crippen LogP contribution is -2.36. The molecule has 1 aliphatic carbocycles. The summed E-state index contributed by atoms with van der Waals surface area (Å²) in [6.45, 7) is 2.05. The van der Waals surface area contributed by atoms with Crippen LogP contribution in [0.4, 0.5) is 5.69 Å². The molecule has 1 amide bonds. The number of nitrogen functional groups attached to an aromatic ring is 1. The molecule has 0 radical (unpaired) electrons. The van der Waals surface area contributed by atoms with Gasteiger partial charge in [-0.15, -0.1) is 0 Å². The minimum absolute atomic E-state index is 0.160. The Kier molecular flexibility index (Phi) is 5.03. The van der Waals surface area contributed by atoms with Crippen molar-refractivity contribution in [2.75, 3.05) is 25.5 Å². The van der Waals surface area contributed by atoms with E-state index in [2.05, 4.69) is 0 Å². The van der Waals surface area contributed by atoms with Crippen LogP contribution in [0, 0.1) is 0 Å². The summed E-state index contributed by atoms with van der Waals surface area (Å²) in [5.74, 6) is -0.319. The number of carbonyl (C=O) groups is 2. The molecule has 1 aromatic rings. The average Bonchev–Trinajstić information content (AvgIpc) is 3.30. The van der Waals surface area contributed by atoms with E-state index in [4.69, 9.17) is 15.2 Å². The zero-order valence-corrected chi connectivity index (χ0v) is 12.1. The molecule has 1 saturated carbocycles. The van der Waals surface area contributed by atoms with Gasteiger partial charge in [-0.1, -0.05) is 12.1 Å². The minimum atomic E-state index is -0.585. The third kappa shape index (κ3) is 4.37. The number of rotatable bonds is 7. The fraction of sp³-hybridized carbons (Fsp3) is 0.467. The van der Waals surface area contributed by atoms with E-state index in [-0.39, 0.29) is 19.1 Å². The molecule has 6 heteroatoms. The first-order valence-corrected chi connectivity index (χ1v) is 7.04. The molecule has 0 spiro atoms. The summed E-state index contributed by atoms with van der Waals surface area (Å²) >= 11 is 0. The van der Waals surface area contributed by atoms with Crippen LogP contribution in [-0.2, 0) is 14.3 Å². The molecule has 2 N–H and O–H groups in total. The first-order valence-electron chi connectivity index (χ1n) is 7.04. The molecule has 0 heterocycles. The molecule has 21 heavy (non-hydrogen) atoms. The van der Waals surface area contributed by atoms with Crippen LogP contribution in [0.15, 0.2) is 24.3 Å². The van der Waals surface area contributed by atoms with Crippen LogP contribution in [-0.4, -0.2) is 42.6 Å². The molecular formula is C15H20N2O4. The molecule has 0 atom stereocenters. The van der Waals surface area contributed by atoms with E-state index in [0.717, 1.165) is 12.8 Å². The Hall–Kier alpha value is -2.24. The Labute approximate surface area is 123 Å². The number of hydrogen-bond donors (Lipinski definition) is 1. The Bertz CT molecular complexity index is 514. The number of nitrogens with two attached hydrogens (primary N) is 1. The van der Waals surface area contributed by atoms with Gasteiger partial charge in [0.2, 0.25) is 0 Å². The zero-order valence-electron chi connectivity index (χ0n) is 12.1. The van der Waals surface area contributed by atoms with E-state index in [1.54, 1.807) is 29.2 Å². The maximum absolute atomic E-state index is 11.9. The molecule has 0 saturated heterocycles. The van der Waals surface area contributed by atoms with Gasteiger partial charge in [-0.3, -0.25) is 4.79 Å². The van der Waals surface area contributed by atoms with Crippen molar-refractivity contribution in [3.05, 3.63) is 24.3 Å². The number of para-hydroxylation sites is 2. The Balaban J connectivity index is 1.72. The smallest absolute Gasteiger partial charge is 0.344 e. The molecule has 1 aromatic carbocycles. The summed E-state index contributed by atoms with van der Waals surface area (Å²) in [5, 5.41) is 0. The first-order chi connectivity index (χ1) is 10.1. The molecule has 0 aromatic heterocycles. The van der Waals surface area contributed by atoms with Crippen molar-refractivity contribution < 1.29 is 19.1 Å². The second kappa shape index (κ2) is 6.97. The molecule has 2 rings (SSSR count). The van der Waals surface area contributed by atoms with Crippen molar-refractivity contribution >= 4 is 17.6 Å². The average molecular weight is 292 g/mol. The lowest BCUT2D eigenvalue weighted by atomic mass is 10.3. The fourth-order valence-corrected chi connectivity index (χ4v) is 2.04. The predicted molar refractivity (Wildman–Crippen MR) is 77.7 cm³/mol. The molecule has 0 unspecified atom stereocenters. The molecule has 0 bridgehead atoms. The number of nitrogens with zero attached hydrogens (tertiary/aromatic N) is 1. The number of benzene rings is 1. The number of hydrogen-bond acceptors (Lipinski definition) is 5. The molecule has 114 valence electrons. The minimum Gasteiger partial charge on any atom is -0.480 e. The third-order valence-electron chi connectivity index (χ3n) is 3.27. The molecule has 1 aliphatic rings. The van der Waals surface area contributed by atoms with Gasteiger partial charge in [0.25, 0.3) is 5.91 Å². The first kappa shape index (κ1) is 15.2. The summed E-state index contributed by atoms with van der Waals surface area (Å²) in [7, 11) is 0. The van der Waals surface area contributed by atoms with Crippen LogP contribution >= 0.6 is 0 Å². The van der Waals surface area contributed by atoms with Crippen molar-refractivity contribution in [1.82, 2.24) is 4.90 Å². The number of carbonyl (C=O) groups excluding carboxylic acids is 2. The topological polar surface area (TPSA) is 81.9 Å². The largest absolute Gasteiger partial charge is 0.480 e. The van der Waals surface area contributed by atoms with Gasteiger partial charge in [0.05, 0.1) is 5.69 Å². The van der Waals surface area contributed by atoms with E-state index >= 15 is 0 Å². The predicted octanol–water partition coefficient (Wildman–Crippen LogP) is 1.20. The molecule has 0 aliphatic heterocycles. The molecule has 1 fully saturated rings. The van der Waals surface area contributed by atoms with Gasteiger partial charge in [-0.05, 0) is 31.9 Å². The van der Waals surface area contributed by atoms with Crippen LogP contribution in [0.1, 0.15) is 19.8 Å². The maximum Gasteiger partial charge on any atom is 0.344 e. The van der Waals surface area contributed by atoms with Crippen molar-refractivity contribution in [3.63, 3.8) is 0 Å². The molecular weight excluding hydrogens is 272 g/mol. The highest BCUT2D eigenvalue weighted by Crippen LogP contribution is 2.26. The Morgan fingerprint density at radius 2 is 2.00 bits per heavy atom. The highest BCUT2D eigenvalue weighted by atomic mass is 16.6. The zero-order chi connectivity index (χ0) is 15.2. The SMILES string of the molecule is CCN(C(=O)COC(=O)COc1ccccc1N)C1CC1. The van der Waals surface area contributed by atoms with E-state index in [9.17, 15) is 9.59 Å². The second-order valence-corrected chi connectivity index (χ2v) is 4.90. The molecule has 6 nitrogen and oxygen atoms in total. The van der Waals surface area contributed by atoms with Crippen molar-refractivity contribution in [2.24, 2.45) is 0 Å². The summed E-state index contributed by atoms with van der Waals surface area (Å²) in [5.41, 5.74) is 6.14. The van der Waals surface area contributed by atoms with Gasteiger partial charge < -0.3 is 20.1 Å². The number of amides is 1. The van der Waals surface area contributed by atoms with Crippen LogP contribution in [0.25, 0.3) is 0 Å². The van der Waals surface area contributed by atoms with Crippen LogP contribution in [0.5, 0.6) is 5.75 Å². The van der Waals surface area contributed by atoms with Gasteiger partial charge in [-0.25, -0.2) is 4.79 Å². The van der Waals surface area contributed by atoms with Gasteiger partial charge >= 0.3 is 5.97 Å². The highest BCUT2D eigenvalue weighted by Gasteiger charge is 2.31. The number of esters is 1. The second-order valence-electron chi connectivity index (χ2n) is 4.90. The van der Waals surface area contributed by atoms with Crippen molar-refractivity contribution in [3.8, 4) is 5.75 Å². The summed E-state index contributed by atoms with van der Waals surface area (Å²) in [6.07, 6.45) is 2.06. The summed E-state index contributed by atoms with van der Waals surface area (Å²) in [6, 6.07) is 7.20. The van der Waals surface area contributed by atoms with Gasteiger partial charge in [0.1, 0.15) is 5.75 Å². The Morgan fingerprint density at radius 1 is 1.29 bits per heavy atom. The third-order valence-corrected chi connectivity index (χ3v) is 3.27. The van der Waals surface area contributed by atoms with Crippen LogP contribution < -0.4 is 10.5 Å². The monoisotopic (exact) mass is 292 g/mol. The van der Waals surface area contributed by atoms with Crippen LogP contribution in [0.2, 0.25) is 0 Å². The fourth-order valence-electron chi connectivity index (χ4n) is 2.04. The van der Waals surface area contributed by atoms with E-state index in [1.165, 1.54) is 0 Å². The number of ether oxygens (including phenoxy) is 2. The Morgan fingerprint density at radius 3 is 2.62 bits per heavy atom. The van der Waals surface area contributed by atoms with E-state index < -0.39 is 5.97 Å². The van der Waals surface area contributed by atoms with Crippen LogP contribution in [0.3, 0.4) is 0 Å². The summed E-state index contributed by atoms with van der Waals surface area (Å²) in [4.78, 5) is 25.2. The summed E-state index contributed by atoms with van der Waals surface area (Å²) < 4.78 is 10.2.